The molecule has 0 unspecified atom stereocenters. The van der Waals surface area contributed by atoms with Crippen molar-refractivity contribution in [2.24, 2.45) is 0 Å². The van der Waals surface area contributed by atoms with E-state index in [1.54, 1.807) is 0 Å². The molecule has 1 aliphatic rings. The highest BCUT2D eigenvalue weighted by Crippen LogP contribution is 2.37. The Morgan fingerprint density at radius 2 is 1.62 bits per heavy atom. The lowest BCUT2D eigenvalue weighted by atomic mass is 9.91. The monoisotopic (exact) mass is 465 g/mol. The van der Waals surface area contributed by atoms with Gasteiger partial charge in [0.05, 0.1) is 19.7 Å². The van der Waals surface area contributed by atoms with Crippen LogP contribution in [0.2, 0.25) is 0 Å². The van der Waals surface area contributed by atoms with Crippen molar-refractivity contribution in [2.45, 2.75) is 37.8 Å². The van der Waals surface area contributed by atoms with Crippen molar-refractivity contribution in [2.75, 3.05) is 38.5 Å². The van der Waals surface area contributed by atoms with Gasteiger partial charge in [-0.3, -0.25) is 4.79 Å². The Hall–Kier alpha value is -3.75. The number of benzene rings is 2. The van der Waals surface area contributed by atoms with Gasteiger partial charge in [-0.25, -0.2) is 4.98 Å². The van der Waals surface area contributed by atoms with Crippen LogP contribution in [0.25, 0.3) is 10.9 Å². The molecular weight excluding hydrogens is 434 g/mol. The summed E-state index contributed by atoms with van der Waals surface area (Å²) in [5, 5.41) is 17.7. The lowest BCUT2D eigenvalue weighted by Gasteiger charge is -2.30. The van der Waals surface area contributed by atoms with Crippen molar-refractivity contribution in [3.8, 4) is 17.2 Å². The van der Waals surface area contributed by atoms with E-state index >= 15 is 0 Å². The molecule has 1 amide bonds. The minimum absolute atomic E-state index is 0.0613. The normalized spacial score (nSPS) is 17.8. The second-order valence-corrected chi connectivity index (χ2v) is 8.68. The molecule has 0 aliphatic heterocycles. The Kier molecular flexibility index (Phi) is 6.90. The fourth-order valence-corrected chi connectivity index (χ4v) is 4.32. The maximum atomic E-state index is 12.8. The number of hydrogen-bond donors (Lipinski definition) is 3. The molecule has 2 aromatic carbocycles. The highest BCUT2D eigenvalue weighted by Gasteiger charge is 2.25. The summed E-state index contributed by atoms with van der Waals surface area (Å²) < 4.78 is 10.3. The first kappa shape index (κ1) is 23.4. The second kappa shape index (κ2) is 10.0. The Morgan fingerprint density at radius 1 is 1.00 bits per heavy atom. The van der Waals surface area contributed by atoms with Crippen LogP contribution < -0.4 is 25.0 Å². The van der Waals surface area contributed by atoms with Crippen molar-refractivity contribution in [1.82, 2.24) is 15.3 Å². The lowest BCUT2D eigenvalue weighted by molar-refractivity contribution is 0.0925. The number of fused-ring (bicyclic) bond motifs is 1. The van der Waals surface area contributed by atoms with Crippen LogP contribution in [0.3, 0.4) is 0 Å². The summed E-state index contributed by atoms with van der Waals surface area (Å²) in [7, 11) is 6.83. The maximum Gasteiger partial charge on any atom is 0.251 e. The molecule has 1 fully saturated rings. The fourth-order valence-electron chi connectivity index (χ4n) is 4.32. The van der Waals surface area contributed by atoms with Crippen molar-refractivity contribution >= 4 is 28.6 Å². The summed E-state index contributed by atoms with van der Waals surface area (Å²) in [6.45, 7) is 0. The number of phenols is 1. The number of aromatic hydroxyl groups is 1. The summed E-state index contributed by atoms with van der Waals surface area (Å²) in [6, 6.07) is 11.3. The molecule has 0 bridgehead atoms. The van der Waals surface area contributed by atoms with Crippen molar-refractivity contribution < 1.29 is 19.4 Å². The average Bonchev–Trinajstić information content (AvgIpc) is 2.84. The van der Waals surface area contributed by atoms with Gasteiger partial charge in [-0.15, -0.1) is 0 Å². The highest BCUT2D eigenvalue weighted by atomic mass is 16.5. The molecule has 180 valence electrons. The van der Waals surface area contributed by atoms with Gasteiger partial charge in [-0.1, -0.05) is 12.1 Å². The van der Waals surface area contributed by atoms with Crippen LogP contribution in [-0.4, -0.2) is 61.4 Å². The number of nitrogens with zero attached hydrogens (tertiary/aromatic N) is 3. The van der Waals surface area contributed by atoms with Crippen molar-refractivity contribution in [3.05, 3.63) is 42.0 Å². The van der Waals surface area contributed by atoms with E-state index in [1.165, 1.54) is 26.4 Å². The number of carbonyl (C=O) groups excluding carboxylic acids is 1. The quantitative estimate of drug-likeness (QED) is 0.486. The van der Waals surface area contributed by atoms with E-state index in [0.29, 0.717) is 11.5 Å². The van der Waals surface area contributed by atoms with Gasteiger partial charge in [0.15, 0.2) is 11.5 Å². The number of hydrogen-bond acceptors (Lipinski definition) is 8. The number of methoxy groups -OCH3 is 2. The first-order valence-corrected chi connectivity index (χ1v) is 11.4. The predicted octanol–water partition coefficient (Wildman–Crippen LogP) is 3.57. The molecule has 1 saturated carbocycles. The number of para-hydroxylation sites is 1. The SMILES string of the molecule is COc1cc(C(=O)N[C@H]2CC[C@@H](Nc3nc(N(C)C)c4ccccc4n3)CC2)cc(OC)c1O. The number of anilines is 2. The first-order chi connectivity index (χ1) is 16.4. The Balaban J connectivity index is 1.38. The molecule has 0 atom stereocenters. The molecule has 34 heavy (non-hydrogen) atoms. The van der Waals surface area contributed by atoms with Crippen LogP contribution in [0.1, 0.15) is 36.0 Å². The van der Waals surface area contributed by atoms with Crippen LogP contribution >= 0.6 is 0 Å². The molecule has 3 N–H and O–H groups in total. The van der Waals surface area contributed by atoms with Crippen molar-refractivity contribution in [1.29, 1.82) is 0 Å². The zero-order valence-electron chi connectivity index (χ0n) is 20.0. The van der Waals surface area contributed by atoms with Gasteiger partial charge < -0.3 is 30.1 Å². The van der Waals surface area contributed by atoms with Crippen LogP contribution in [-0.2, 0) is 0 Å². The average molecular weight is 466 g/mol. The van der Waals surface area contributed by atoms with Crippen molar-refractivity contribution in [3.63, 3.8) is 0 Å². The largest absolute Gasteiger partial charge is 0.502 e. The van der Waals surface area contributed by atoms with Gasteiger partial charge in [-0.2, -0.15) is 4.98 Å². The molecule has 9 nitrogen and oxygen atoms in total. The Morgan fingerprint density at radius 3 is 2.24 bits per heavy atom. The lowest BCUT2D eigenvalue weighted by Crippen LogP contribution is -2.40. The van der Waals surface area contributed by atoms with Gasteiger partial charge in [-0.05, 0) is 49.9 Å². The zero-order valence-corrected chi connectivity index (χ0v) is 20.0. The Bertz CT molecular complexity index is 1150. The molecule has 4 rings (SSSR count). The fraction of sp³-hybridized carbons (Fsp3) is 0.400. The number of nitrogens with one attached hydrogen (secondary N) is 2. The summed E-state index contributed by atoms with van der Waals surface area (Å²) in [5.41, 5.74) is 1.29. The summed E-state index contributed by atoms with van der Waals surface area (Å²) in [6.07, 6.45) is 3.45. The molecule has 3 aromatic rings. The standard InChI is InChI=1S/C25H31N5O4/c1-30(2)23-18-7-5-6-8-19(18)28-25(29-23)27-17-11-9-16(10-12-17)26-24(32)15-13-20(33-3)22(31)21(14-15)34-4/h5-8,13-14,16-17,31H,9-12H2,1-4H3,(H,26,32)(H,27,28,29)/t16-,17+. The number of aromatic nitrogens is 2. The molecule has 0 saturated heterocycles. The predicted molar refractivity (Wildman–Crippen MR) is 132 cm³/mol. The molecule has 1 aliphatic carbocycles. The zero-order chi connectivity index (χ0) is 24.2. The van der Waals surface area contributed by atoms with E-state index in [4.69, 9.17) is 19.4 Å². The first-order valence-electron chi connectivity index (χ1n) is 11.4. The van der Waals surface area contributed by atoms with Gasteiger partial charge in [0.25, 0.3) is 5.91 Å². The minimum Gasteiger partial charge on any atom is -0.502 e. The van der Waals surface area contributed by atoms with Crippen LogP contribution in [0.5, 0.6) is 17.2 Å². The molecular formula is C25H31N5O4. The number of amides is 1. The number of rotatable bonds is 7. The van der Waals surface area contributed by atoms with Crippen LogP contribution in [0.4, 0.5) is 11.8 Å². The van der Waals surface area contributed by atoms with E-state index in [9.17, 15) is 9.90 Å². The molecule has 0 radical (unpaired) electrons. The van der Waals surface area contributed by atoms with Gasteiger partial charge in [0.1, 0.15) is 5.82 Å². The Labute approximate surface area is 199 Å². The molecule has 9 heteroatoms. The molecule has 0 spiro atoms. The van der Waals surface area contributed by atoms with Gasteiger partial charge in [0.2, 0.25) is 11.7 Å². The van der Waals surface area contributed by atoms with E-state index in [2.05, 4.69) is 10.6 Å². The number of ether oxygens (including phenoxy) is 2. The molecule has 1 heterocycles. The van der Waals surface area contributed by atoms with E-state index in [-0.39, 0.29) is 35.2 Å². The van der Waals surface area contributed by atoms with Gasteiger partial charge in [0, 0.05) is 37.1 Å². The van der Waals surface area contributed by atoms with E-state index in [0.717, 1.165) is 42.4 Å². The van der Waals surface area contributed by atoms with Crippen LogP contribution in [0, 0.1) is 0 Å². The third-order valence-electron chi connectivity index (χ3n) is 6.14. The second-order valence-electron chi connectivity index (χ2n) is 8.68. The van der Waals surface area contributed by atoms with E-state index in [1.807, 2.05) is 43.3 Å². The topological polar surface area (TPSA) is 109 Å². The smallest absolute Gasteiger partial charge is 0.251 e. The highest BCUT2D eigenvalue weighted by molar-refractivity contribution is 5.95. The maximum absolute atomic E-state index is 12.8. The van der Waals surface area contributed by atoms with E-state index < -0.39 is 0 Å². The van der Waals surface area contributed by atoms with Gasteiger partial charge >= 0.3 is 0 Å². The summed E-state index contributed by atoms with van der Waals surface area (Å²) in [4.78, 5) is 24.2. The third kappa shape index (κ3) is 4.93. The summed E-state index contributed by atoms with van der Waals surface area (Å²) >= 11 is 0. The number of phenolic OH excluding ortho intramolecular Hbond substituents is 1. The minimum atomic E-state index is -0.221. The van der Waals surface area contributed by atoms with Crippen LogP contribution in [0.15, 0.2) is 36.4 Å². The number of carbonyl (C=O) groups is 1. The third-order valence-corrected chi connectivity index (χ3v) is 6.14. The summed E-state index contributed by atoms with van der Waals surface area (Å²) in [5.74, 6) is 1.56. The molecule has 1 aromatic heterocycles.